The van der Waals surface area contributed by atoms with Crippen LogP contribution in [-0.2, 0) is 25.5 Å². The molecule has 1 aromatic rings. The van der Waals surface area contributed by atoms with Crippen LogP contribution in [0.25, 0.3) is 0 Å². The van der Waals surface area contributed by atoms with Crippen molar-refractivity contribution in [2.24, 2.45) is 11.7 Å². The number of hydrogen-bond acceptors (Lipinski definition) is 5. The third kappa shape index (κ3) is 5.81. The van der Waals surface area contributed by atoms with Gasteiger partial charge in [-0.2, -0.15) is 0 Å². The molecule has 1 aromatic carbocycles. The quantitative estimate of drug-likeness (QED) is 0.596. The van der Waals surface area contributed by atoms with Gasteiger partial charge in [-0.05, 0) is 37.0 Å². The summed E-state index contributed by atoms with van der Waals surface area (Å²) < 4.78 is 4.61. The number of ether oxygens (including phenoxy) is 1. The lowest BCUT2D eigenvalue weighted by Crippen LogP contribution is -2.36. The Labute approximate surface area is 155 Å². The van der Waals surface area contributed by atoms with Gasteiger partial charge in [0.1, 0.15) is 6.04 Å². The minimum Gasteiger partial charge on any atom is -0.468 e. The Balaban J connectivity index is 3.01. The second-order valence-corrected chi connectivity index (χ2v) is 6.40. The zero-order valence-electron chi connectivity index (χ0n) is 16.1. The number of carbonyl (C=O) groups is 3. The maximum atomic E-state index is 12.7. The molecule has 0 radical (unpaired) electrons. The maximum absolute atomic E-state index is 12.7. The number of hydrogen-bond donors (Lipinski definition) is 1. The molecule has 0 saturated heterocycles. The Bertz CT molecular complexity index is 680. The molecule has 0 aliphatic carbocycles. The molecule has 6 nitrogen and oxygen atoms in total. The van der Waals surface area contributed by atoms with Crippen LogP contribution >= 0.6 is 0 Å². The Kier molecular flexibility index (Phi) is 8.19. The lowest BCUT2D eigenvalue weighted by Gasteiger charge is -2.20. The van der Waals surface area contributed by atoms with Gasteiger partial charge in [0.25, 0.3) is 5.91 Å². The highest BCUT2D eigenvalue weighted by molar-refractivity contribution is 6.20. The van der Waals surface area contributed by atoms with E-state index in [0.29, 0.717) is 17.7 Å². The van der Waals surface area contributed by atoms with Gasteiger partial charge in [-0.15, -0.1) is 0 Å². The summed E-state index contributed by atoms with van der Waals surface area (Å²) in [6.07, 6.45) is 3.11. The van der Waals surface area contributed by atoms with Crippen molar-refractivity contribution < 1.29 is 19.1 Å². The Morgan fingerprint density at radius 1 is 1.19 bits per heavy atom. The summed E-state index contributed by atoms with van der Waals surface area (Å²) >= 11 is 0. The van der Waals surface area contributed by atoms with Crippen LogP contribution in [0, 0.1) is 5.92 Å². The summed E-state index contributed by atoms with van der Waals surface area (Å²) in [5, 5.41) is 0. The van der Waals surface area contributed by atoms with Gasteiger partial charge >= 0.3 is 5.97 Å². The van der Waals surface area contributed by atoms with E-state index in [-0.39, 0.29) is 17.7 Å². The first-order valence-corrected chi connectivity index (χ1v) is 8.67. The average molecular weight is 360 g/mol. The SMILES string of the molecule is CC[C@@H](C)/C=C(/C)C(=O)N(C(C)=O)c1ccc(C[C@H](N)C(=O)OC)cc1. The van der Waals surface area contributed by atoms with Crippen molar-refractivity contribution in [1.82, 2.24) is 0 Å². The number of nitrogens with two attached hydrogens (primary N) is 1. The highest BCUT2D eigenvalue weighted by Crippen LogP contribution is 2.20. The molecule has 0 unspecified atom stereocenters. The molecule has 2 N–H and O–H groups in total. The van der Waals surface area contributed by atoms with Crippen molar-refractivity contribution in [3.05, 3.63) is 41.5 Å². The number of imide groups is 1. The smallest absolute Gasteiger partial charge is 0.322 e. The standard InChI is InChI=1S/C20H28N2O4/c1-6-13(2)11-14(3)19(24)22(15(4)23)17-9-7-16(8-10-17)12-18(21)20(25)26-5/h7-11,13,18H,6,12,21H2,1-5H3/b14-11-/t13-,18+/m1/s1. The summed E-state index contributed by atoms with van der Waals surface area (Å²) in [5.41, 5.74) is 7.58. The van der Waals surface area contributed by atoms with Crippen LogP contribution in [-0.4, -0.2) is 30.9 Å². The summed E-state index contributed by atoms with van der Waals surface area (Å²) in [4.78, 5) is 37.3. The first-order valence-electron chi connectivity index (χ1n) is 8.67. The molecule has 6 heteroatoms. The van der Waals surface area contributed by atoms with Crippen LogP contribution in [0.1, 0.15) is 39.7 Å². The van der Waals surface area contributed by atoms with E-state index < -0.39 is 12.0 Å². The minimum absolute atomic E-state index is 0.259. The van der Waals surface area contributed by atoms with Crippen LogP contribution < -0.4 is 10.6 Å². The number of nitrogens with zero attached hydrogens (tertiary/aromatic N) is 1. The zero-order chi connectivity index (χ0) is 19.9. The van der Waals surface area contributed by atoms with Gasteiger partial charge in [0, 0.05) is 12.5 Å². The number of carbonyl (C=O) groups excluding carboxylic acids is 3. The number of benzene rings is 1. The molecule has 0 saturated carbocycles. The molecule has 0 aliphatic heterocycles. The van der Waals surface area contributed by atoms with Crippen LogP contribution in [0.2, 0.25) is 0 Å². The van der Waals surface area contributed by atoms with Gasteiger partial charge in [-0.25, -0.2) is 4.90 Å². The molecule has 0 aromatic heterocycles. The second-order valence-electron chi connectivity index (χ2n) is 6.40. The van der Waals surface area contributed by atoms with Crippen LogP contribution in [0.5, 0.6) is 0 Å². The lowest BCUT2D eigenvalue weighted by atomic mass is 10.0. The van der Waals surface area contributed by atoms with Gasteiger partial charge in [-0.3, -0.25) is 14.4 Å². The Hall–Kier alpha value is -2.47. The molecule has 0 heterocycles. The maximum Gasteiger partial charge on any atom is 0.322 e. The summed E-state index contributed by atoms with van der Waals surface area (Å²) in [6, 6.07) is 6.09. The third-order valence-electron chi connectivity index (χ3n) is 4.19. The summed E-state index contributed by atoms with van der Waals surface area (Å²) in [5.74, 6) is -0.918. The molecule has 2 amide bonds. The minimum atomic E-state index is -0.753. The van der Waals surface area contributed by atoms with E-state index in [4.69, 9.17) is 5.73 Å². The van der Waals surface area contributed by atoms with E-state index in [0.717, 1.165) is 16.9 Å². The van der Waals surface area contributed by atoms with E-state index in [1.54, 1.807) is 31.2 Å². The van der Waals surface area contributed by atoms with E-state index in [1.165, 1.54) is 14.0 Å². The number of rotatable bonds is 7. The predicted molar refractivity (Wildman–Crippen MR) is 102 cm³/mol. The second kappa shape index (κ2) is 9.87. The van der Waals surface area contributed by atoms with Crippen molar-refractivity contribution in [2.45, 2.75) is 46.6 Å². The molecule has 0 spiro atoms. The number of methoxy groups -OCH3 is 1. The van der Waals surface area contributed by atoms with E-state index in [9.17, 15) is 14.4 Å². The number of allylic oxidation sites excluding steroid dienone is 1. The van der Waals surface area contributed by atoms with Crippen molar-refractivity contribution >= 4 is 23.5 Å². The largest absolute Gasteiger partial charge is 0.468 e. The molecule has 26 heavy (non-hydrogen) atoms. The highest BCUT2D eigenvalue weighted by Gasteiger charge is 2.22. The van der Waals surface area contributed by atoms with Crippen molar-refractivity contribution in [2.75, 3.05) is 12.0 Å². The normalized spacial score (nSPS) is 13.7. The number of esters is 1. The fourth-order valence-corrected chi connectivity index (χ4v) is 2.50. The van der Waals surface area contributed by atoms with Crippen molar-refractivity contribution in [1.29, 1.82) is 0 Å². The van der Waals surface area contributed by atoms with Crippen LogP contribution in [0.15, 0.2) is 35.9 Å². The van der Waals surface area contributed by atoms with E-state index in [2.05, 4.69) is 4.74 Å². The molecule has 0 aliphatic rings. The van der Waals surface area contributed by atoms with Crippen LogP contribution in [0.3, 0.4) is 0 Å². The predicted octanol–water partition coefficient (Wildman–Crippen LogP) is 2.60. The van der Waals surface area contributed by atoms with Crippen molar-refractivity contribution in [3.8, 4) is 0 Å². The van der Waals surface area contributed by atoms with E-state index in [1.807, 2.05) is 19.9 Å². The summed E-state index contributed by atoms with van der Waals surface area (Å²) in [7, 11) is 1.29. The first kappa shape index (κ1) is 21.6. The van der Waals surface area contributed by atoms with Gasteiger partial charge in [0.05, 0.1) is 12.8 Å². The third-order valence-corrected chi connectivity index (χ3v) is 4.19. The van der Waals surface area contributed by atoms with Gasteiger partial charge < -0.3 is 10.5 Å². The molecular weight excluding hydrogens is 332 g/mol. The average Bonchev–Trinajstić information content (AvgIpc) is 2.61. The number of amides is 2. The first-order chi connectivity index (χ1) is 12.2. The Morgan fingerprint density at radius 2 is 1.77 bits per heavy atom. The van der Waals surface area contributed by atoms with Crippen LogP contribution in [0.4, 0.5) is 5.69 Å². The summed E-state index contributed by atoms with van der Waals surface area (Å²) in [6.45, 7) is 7.14. The van der Waals surface area contributed by atoms with E-state index >= 15 is 0 Å². The van der Waals surface area contributed by atoms with Gasteiger partial charge in [0.2, 0.25) is 5.91 Å². The Morgan fingerprint density at radius 3 is 2.23 bits per heavy atom. The molecule has 0 fully saturated rings. The topological polar surface area (TPSA) is 89.7 Å². The molecular formula is C20H28N2O4. The van der Waals surface area contributed by atoms with Gasteiger partial charge in [-0.1, -0.05) is 38.5 Å². The monoisotopic (exact) mass is 360 g/mol. The van der Waals surface area contributed by atoms with Crippen molar-refractivity contribution in [3.63, 3.8) is 0 Å². The molecule has 1 rings (SSSR count). The fourth-order valence-electron chi connectivity index (χ4n) is 2.50. The van der Waals surface area contributed by atoms with Gasteiger partial charge in [0.15, 0.2) is 0 Å². The zero-order valence-corrected chi connectivity index (χ0v) is 16.1. The molecule has 0 bridgehead atoms. The lowest BCUT2D eigenvalue weighted by molar-refractivity contribution is -0.142. The highest BCUT2D eigenvalue weighted by atomic mass is 16.5. The molecule has 142 valence electrons. The fraction of sp³-hybridized carbons (Fsp3) is 0.450. The number of anilines is 1. The molecule has 2 atom stereocenters.